The molecule has 0 aliphatic heterocycles. The molecule has 0 radical (unpaired) electrons. The van der Waals surface area contributed by atoms with Crippen LogP contribution in [-0.2, 0) is 22.6 Å². The highest BCUT2D eigenvalue weighted by atomic mass is 16.5. The predicted octanol–water partition coefficient (Wildman–Crippen LogP) is 1.55. The lowest BCUT2D eigenvalue weighted by molar-refractivity contribution is -0.141. The Morgan fingerprint density at radius 1 is 1.56 bits per heavy atom. The van der Waals surface area contributed by atoms with Crippen LogP contribution in [0.1, 0.15) is 25.5 Å². The van der Waals surface area contributed by atoms with E-state index in [0.29, 0.717) is 0 Å². The van der Waals surface area contributed by atoms with Crippen molar-refractivity contribution < 1.29 is 9.53 Å². The van der Waals surface area contributed by atoms with Gasteiger partial charge in [0.15, 0.2) is 0 Å². The Bertz CT molecular complexity index is 321. The Morgan fingerprint density at radius 3 is 3.06 bits per heavy atom. The van der Waals surface area contributed by atoms with E-state index in [9.17, 15) is 4.79 Å². The molecule has 4 heteroatoms. The van der Waals surface area contributed by atoms with Crippen molar-refractivity contribution in [2.75, 3.05) is 13.7 Å². The number of aromatic nitrogens is 1. The number of ether oxygens (including phenoxy) is 1. The number of hydrogen-bond acceptors (Lipinski definition) is 3. The van der Waals surface area contributed by atoms with Crippen molar-refractivity contribution in [3.05, 3.63) is 24.0 Å². The summed E-state index contributed by atoms with van der Waals surface area (Å²) in [7, 11) is 1.41. The Morgan fingerprint density at radius 2 is 2.38 bits per heavy atom. The van der Waals surface area contributed by atoms with E-state index in [1.807, 2.05) is 22.9 Å². The van der Waals surface area contributed by atoms with Crippen LogP contribution < -0.4 is 5.32 Å². The molecule has 0 amide bonds. The van der Waals surface area contributed by atoms with Crippen LogP contribution in [0.15, 0.2) is 18.3 Å². The highest BCUT2D eigenvalue weighted by Crippen LogP contribution is 2.02. The minimum Gasteiger partial charge on any atom is -0.468 e. The zero-order valence-electron chi connectivity index (χ0n) is 10.0. The van der Waals surface area contributed by atoms with Gasteiger partial charge in [0.2, 0.25) is 0 Å². The molecule has 0 aliphatic carbocycles. The van der Waals surface area contributed by atoms with Crippen molar-refractivity contribution in [1.29, 1.82) is 0 Å². The molecule has 0 spiro atoms. The topological polar surface area (TPSA) is 43.3 Å². The molecule has 0 saturated heterocycles. The first-order chi connectivity index (χ1) is 7.77. The van der Waals surface area contributed by atoms with E-state index in [4.69, 9.17) is 0 Å². The molecule has 1 N–H and O–H groups in total. The lowest BCUT2D eigenvalue weighted by atomic mass is 10.3. The molecule has 0 saturated carbocycles. The number of hydrogen-bond donors (Lipinski definition) is 1. The molecule has 0 unspecified atom stereocenters. The fourth-order valence-electron chi connectivity index (χ4n) is 1.49. The first kappa shape index (κ1) is 12.8. The third-order valence-electron chi connectivity index (χ3n) is 2.46. The molecule has 0 bridgehead atoms. The van der Waals surface area contributed by atoms with Gasteiger partial charge < -0.3 is 14.6 Å². The van der Waals surface area contributed by atoms with E-state index in [-0.39, 0.29) is 12.5 Å². The van der Waals surface area contributed by atoms with Crippen molar-refractivity contribution in [3.63, 3.8) is 0 Å². The molecule has 1 aromatic rings. The zero-order valence-corrected chi connectivity index (χ0v) is 10.0. The van der Waals surface area contributed by atoms with Crippen LogP contribution in [0, 0.1) is 0 Å². The third kappa shape index (κ3) is 4.06. The maximum atomic E-state index is 11.1. The van der Waals surface area contributed by atoms with Crippen molar-refractivity contribution in [2.24, 2.45) is 0 Å². The van der Waals surface area contributed by atoms with Gasteiger partial charge in [-0.1, -0.05) is 13.3 Å². The lowest BCUT2D eigenvalue weighted by Gasteiger charge is -2.08. The fraction of sp³-hybridized carbons (Fsp3) is 0.583. The van der Waals surface area contributed by atoms with Gasteiger partial charge in [-0.15, -0.1) is 0 Å². The fourth-order valence-corrected chi connectivity index (χ4v) is 1.49. The average molecular weight is 224 g/mol. The number of methoxy groups -OCH3 is 1. The van der Waals surface area contributed by atoms with Crippen LogP contribution in [-0.4, -0.2) is 24.2 Å². The Balaban J connectivity index is 2.41. The Labute approximate surface area is 96.6 Å². The number of unbranched alkanes of at least 4 members (excludes halogenated alkanes) is 1. The second kappa shape index (κ2) is 7.06. The van der Waals surface area contributed by atoms with Gasteiger partial charge in [-0.2, -0.15) is 0 Å². The molecule has 0 aromatic carbocycles. The molecule has 1 rings (SSSR count). The molecule has 1 aromatic heterocycles. The van der Waals surface area contributed by atoms with Crippen LogP contribution in [0.4, 0.5) is 0 Å². The molecular formula is C12H20N2O2. The number of carbonyl (C=O) groups excluding carboxylic acids is 1. The summed E-state index contributed by atoms with van der Waals surface area (Å²) in [5.41, 5.74) is 1.11. The molecule has 16 heavy (non-hydrogen) atoms. The normalized spacial score (nSPS) is 10.4. The third-order valence-corrected chi connectivity index (χ3v) is 2.46. The highest BCUT2D eigenvalue weighted by Gasteiger charge is 2.05. The highest BCUT2D eigenvalue weighted by molar-refractivity contribution is 5.69. The van der Waals surface area contributed by atoms with Gasteiger partial charge in [0.05, 0.1) is 7.11 Å². The minimum absolute atomic E-state index is 0.217. The first-order valence-electron chi connectivity index (χ1n) is 5.69. The van der Waals surface area contributed by atoms with Gasteiger partial charge in [-0.25, -0.2) is 0 Å². The second-order valence-corrected chi connectivity index (χ2v) is 3.73. The zero-order chi connectivity index (χ0) is 11.8. The van der Waals surface area contributed by atoms with E-state index in [1.54, 1.807) is 0 Å². The van der Waals surface area contributed by atoms with Crippen LogP contribution in [0.25, 0.3) is 0 Å². The summed E-state index contributed by atoms with van der Waals surface area (Å²) in [5.74, 6) is -0.217. The second-order valence-electron chi connectivity index (χ2n) is 3.73. The van der Waals surface area contributed by atoms with Gasteiger partial charge in [-0.3, -0.25) is 4.79 Å². The predicted molar refractivity (Wildman–Crippen MR) is 63.1 cm³/mol. The maximum Gasteiger partial charge on any atom is 0.325 e. The van der Waals surface area contributed by atoms with E-state index < -0.39 is 0 Å². The summed E-state index contributed by atoms with van der Waals surface area (Å²) in [6, 6.07) is 3.96. The number of esters is 1. The monoisotopic (exact) mass is 224 g/mol. The van der Waals surface area contributed by atoms with Crippen molar-refractivity contribution >= 4 is 5.97 Å². The van der Waals surface area contributed by atoms with E-state index >= 15 is 0 Å². The number of nitrogens with one attached hydrogen (secondary N) is 1. The molecule has 90 valence electrons. The van der Waals surface area contributed by atoms with E-state index in [1.165, 1.54) is 20.0 Å². The molecule has 0 fully saturated rings. The van der Waals surface area contributed by atoms with Crippen molar-refractivity contribution in [1.82, 2.24) is 9.88 Å². The Kier molecular flexibility index (Phi) is 5.64. The van der Waals surface area contributed by atoms with Gasteiger partial charge in [0, 0.05) is 18.4 Å². The van der Waals surface area contributed by atoms with Gasteiger partial charge in [-0.05, 0) is 25.1 Å². The molecule has 0 aliphatic rings. The van der Waals surface area contributed by atoms with Crippen molar-refractivity contribution in [3.8, 4) is 0 Å². The summed E-state index contributed by atoms with van der Waals surface area (Å²) < 4.78 is 6.55. The average Bonchev–Trinajstić information content (AvgIpc) is 2.72. The van der Waals surface area contributed by atoms with E-state index in [2.05, 4.69) is 17.0 Å². The maximum absolute atomic E-state index is 11.1. The first-order valence-corrected chi connectivity index (χ1v) is 5.69. The smallest absolute Gasteiger partial charge is 0.325 e. The van der Waals surface area contributed by atoms with Crippen LogP contribution in [0.2, 0.25) is 0 Å². The summed E-state index contributed by atoms with van der Waals surface area (Å²) in [6.07, 6.45) is 4.27. The SMILES string of the molecule is CCCCNCc1cccn1CC(=O)OC. The largest absolute Gasteiger partial charge is 0.468 e. The standard InChI is InChI=1S/C12H20N2O2/c1-3-4-7-13-9-11-6-5-8-14(11)10-12(15)16-2/h5-6,8,13H,3-4,7,9-10H2,1-2H3. The summed E-state index contributed by atoms with van der Waals surface area (Å²) in [4.78, 5) is 11.1. The quantitative estimate of drug-likeness (QED) is 0.564. The van der Waals surface area contributed by atoms with Crippen LogP contribution in [0.3, 0.4) is 0 Å². The number of nitrogens with zero attached hydrogens (tertiary/aromatic N) is 1. The number of rotatable bonds is 7. The van der Waals surface area contributed by atoms with Gasteiger partial charge in [0.1, 0.15) is 6.54 Å². The molecule has 1 heterocycles. The van der Waals surface area contributed by atoms with Crippen LogP contribution in [0.5, 0.6) is 0 Å². The van der Waals surface area contributed by atoms with Crippen LogP contribution >= 0.6 is 0 Å². The number of carbonyl (C=O) groups is 1. The lowest BCUT2D eigenvalue weighted by Crippen LogP contribution is -2.19. The summed E-state index contributed by atoms with van der Waals surface area (Å²) >= 11 is 0. The molecular weight excluding hydrogens is 204 g/mol. The minimum atomic E-state index is -0.217. The van der Waals surface area contributed by atoms with E-state index in [0.717, 1.165) is 18.8 Å². The van der Waals surface area contributed by atoms with Gasteiger partial charge in [0.25, 0.3) is 0 Å². The Hall–Kier alpha value is -1.29. The molecule has 0 atom stereocenters. The van der Waals surface area contributed by atoms with Crippen molar-refractivity contribution in [2.45, 2.75) is 32.9 Å². The summed E-state index contributed by atoms with van der Waals surface area (Å²) in [6.45, 7) is 4.26. The van der Waals surface area contributed by atoms with Gasteiger partial charge >= 0.3 is 5.97 Å². The molecule has 4 nitrogen and oxygen atoms in total. The summed E-state index contributed by atoms with van der Waals surface area (Å²) in [5, 5.41) is 3.35.